The first-order valence-electron chi connectivity index (χ1n) is 9.04. The molecule has 0 aliphatic heterocycles. The van der Waals surface area contributed by atoms with Gasteiger partial charge in [0.15, 0.2) is 17.6 Å². The molecule has 2 aromatic rings. The summed E-state index contributed by atoms with van der Waals surface area (Å²) >= 11 is 0. The van der Waals surface area contributed by atoms with Crippen LogP contribution in [0.2, 0.25) is 0 Å². The summed E-state index contributed by atoms with van der Waals surface area (Å²) in [5, 5.41) is 2.77. The molecule has 1 atom stereocenters. The van der Waals surface area contributed by atoms with Gasteiger partial charge in [0.2, 0.25) is 0 Å². The smallest absolute Gasteiger partial charge is 0.316 e. The molecular weight excluding hydrogens is 358 g/mol. The molecule has 1 N–H and O–H groups in total. The molecule has 150 valence electrons. The van der Waals surface area contributed by atoms with Crippen molar-refractivity contribution in [3.8, 4) is 11.5 Å². The number of rotatable bonds is 8. The lowest BCUT2D eigenvalue weighted by Crippen LogP contribution is -2.40. The normalized spacial score (nSPS) is 12.0. The van der Waals surface area contributed by atoms with E-state index in [2.05, 4.69) is 5.32 Å². The Balaban J connectivity index is 1.95. The molecule has 0 aromatic heterocycles. The average molecular weight is 385 g/mol. The molecule has 0 aliphatic rings. The van der Waals surface area contributed by atoms with Crippen LogP contribution < -0.4 is 14.8 Å². The summed E-state index contributed by atoms with van der Waals surface area (Å²) in [7, 11) is 3.11. The molecule has 6 heteroatoms. The molecule has 6 nitrogen and oxygen atoms in total. The summed E-state index contributed by atoms with van der Waals surface area (Å²) in [6, 6.07) is 14.7. The highest BCUT2D eigenvalue weighted by molar-refractivity contribution is 5.87. The molecule has 0 unspecified atom stereocenters. The van der Waals surface area contributed by atoms with Crippen molar-refractivity contribution in [2.75, 3.05) is 14.2 Å². The fraction of sp³-hybridized carbons (Fsp3) is 0.364. The van der Waals surface area contributed by atoms with Crippen LogP contribution in [0.4, 0.5) is 0 Å². The molecule has 0 aliphatic carbocycles. The minimum absolute atomic E-state index is 0.281. The number of hydrogen-bond acceptors (Lipinski definition) is 5. The standard InChI is InChI=1S/C22H27NO5/c1-15(28-21(25)22(2,3)17-9-7-6-8-10-17)20(24)23-14-16-11-12-18(26-4)19(13-16)27-5/h6-13,15H,14H2,1-5H3,(H,23,24)/t15-/m1/s1. The van der Waals surface area contributed by atoms with Crippen LogP contribution in [0.5, 0.6) is 11.5 Å². The van der Waals surface area contributed by atoms with Crippen LogP contribution in [0.1, 0.15) is 31.9 Å². The number of ether oxygens (including phenoxy) is 3. The zero-order valence-electron chi connectivity index (χ0n) is 16.9. The Bertz CT molecular complexity index is 817. The maximum Gasteiger partial charge on any atom is 0.316 e. The van der Waals surface area contributed by atoms with E-state index in [1.54, 1.807) is 47.1 Å². The third-order valence-electron chi connectivity index (χ3n) is 4.57. The molecule has 0 radical (unpaired) electrons. The van der Waals surface area contributed by atoms with Crippen molar-refractivity contribution in [3.05, 3.63) is 59.7 Å². The van der Waals surface area contributed by atoms with Crippen molar-refractivity contribution in [1.82, 2.24) is 5.32 Å². The average Bonchev–Trinajstić information content (AvgIpc) is 2.72. The lowest BCUT2D eigenvalue weighted by molar-refractivity contribution is -0.159. The number of nitrogens with one attached hydrogen (secondary N) is 1. The highest BCUT2D eigenvalue weighted by Crippen LogP contribution is 2.27. The Kier molecular flexibility index (Phi) is 7.04. The topological polar surface area (TPSA) is 73.9 Å². The van der Waals surface area contributed by atoms with Crippen molar-refractivity contribution in [3.63, 3.8) is 0 Å². The number of methoxy groups -OCH3 is 2. The number of hydrogen-bond donors (Lipinski definition) is 1. The van der Waals surface area contributed by atoms with Crippen LogP contribution >= 0.6 is 0 Å². The van der Waals surface area contributed by atoms with Gasteiger partial charge in [-0.1, -0.05) is 36.4 Å². The van der Waals surface area contributed by atoms with Gasteiger partial charge < -0.3 is 19.5 Å². The van der Waals surface area contributed by atoms with Gasteiger partial charge in [-0.2, -0.15) is 0 Å². The van der Waals surface area contributed by atoms with Crippen molar-refractivity contribution < 1.29 is 23.8 Å². The molecular formula is C22H27NO5. The van der Waals surface area contributed by atoms with Gasteiger partial charge in [-0.25, -0.2) is 0 Å². The molecule has 2 rings (SSSR count). The minimum Gasteiger partial charge on any atom is -0.493 e. The fourth-order valence-electron chi connectivity index (χ4n) is 2.66. The second kappa shape index (κ2) is 9.26. The highest BCUT2D eigenvalue weighted by atomic mass is 16.5. The van der Waals surface area contributed by atoms with Crippen LogP contribution in [-0.2, 0) is 26.3 Å². The van der Waals surface area contributed by atoms with Gasteiger partial charge in [0.25, 0.3) is 5.91 Å². The summed E-state index contributed by atoms with van der Waals surface area (Å²) in [5.74, 6) is 0.376. The second-order valence-electron chi connectivity index (χ2n) is 6.95. The van der Waals surface area contributed by atoms with E-state index in [0.717, 1.165) is 11.1 Å². The Morgan fingerprint density at radius 1 is 1.00 bits per heavy atom. The van der Waals surface area contributed by atoms with E-state index in [0.29, 0.717) is 11.5 Å². The number of carbonyl (C=O) groups excluding carboxylic acids is 2. The molecule has 28 heavy (non-hydrogen) atoms. The monoisotopic (exact) mass is 385 g/mol. The third-order valence-corrected chi connectivity index (χ3v) is 4.57. The van der Waals surface area contributed by atoms with E-state index in [1.807, 2.05) is 36.4 Å². The fourth-order valence-corrected chi connectivity index (χ4v) is 2.66. The van der Waals surface area contributed by atoms with Crippen LogP contribution in [0.25, 0.3) is 0 Å². The molecule has 2 aromatic carbocycles. The lowest BCUT2D eigenvalue weighted by atomic mass is 9.85. The van der Waals surface area contributed by atoms with Crippen LogP contribution in [0.3, 0.4) is 0 Å². The third kappa shape index (κ3) is 5.03. The maximum atomic E-state index is 12.6. The molecule has 0 bridgehead atoms. The van der Waals surface area contributed by atoms with Crippen molar-refractivity contribution in [1.29, 1.82) is 0 Å². The van der Waals surface area contributed by atoms with Gasteiger partial charge in [-0.3, -0.25) is 9.59 Å². The van der Waals surface area contributed by atoms with E-state index in [9.17, 15) is 9.59 Å². The van der Waals surface area contributed by atoms with Crippen LogP contribution in [0, 0.1) is 0 Å². The Labute approximate surface area is 165 Å². The summed E-state index contributed by atoms with van der Waals surface area (Å²) in [6.45, 7) is 5.39. The second-order valence-corrected chi connectivity index (χ2v) is 6.95. The number of carbonyl (C=O) groups is 2. The van der Waals surface area contributed by atoms with Gasteiger partial charge in [0.1, 0.15) is 0 Å². The molecule has 0 spiro atoms. The van der Waals surface area contributed by atoms with Crippen LogP contribution in [-0.4, -0.2) is 32.2 Å². The first kappa shape index (κ1) is 21.3. The van der Waals surface area contributed by atoms with Crippen molar-refractivity contribution in [2.45, 2.75) is 38.8 Å². The van der Waals surface area contributed by atoms with Gasteiger partial charge in [-0.05, 0) is 44.0 Å². The van der Waals surface area contributed by atoms with Gasteiger partial charge in [0.05, 0.1) is 19.6 Å². The highest BCUT2D eigenvalue weighted by Gasteiger charge is 2.33. The van der Waals surface area contributed by atoms with E-state index in [-0.39, 0.29) is 12.5 Å². The summed E-state index contributed by atoms with van der Waals surface area (Å²) in [4.78, 5) is 24.9. The zero-order valence-corrected chi connectivity index (χ0v) is 16.9. The molecule has 0 heterocycles. The Morgan fingerprint density at radius 2 is 1.64 bits per heavy atom. The van der Waals surface area contributed by atoms with E-state index in [1.165, 1.54) is 0 Å². The maximum absolute atomic E-state index is 12.6. The number of esters is 1. The molecule has 0 fully saturated rings. The van der Waals surface area contributed by atoms with E-state index < -0.39 is 17.5 Å². The first-order chi connectivity index (χ1) is 13.3. The molecule has 0 saturated heterocycles. The quantitative estimate of drug-likeness (QED) is 0.706. The van der Waals surface area contributed by atoms with Gasteiger partial charge in [-0.15, -0.1) is 0 Å². The van der Waals surface area contributed by atoms with Crippen LogP contribution in [0.15, 0.2) is 48.5 Å². The van der Waals surface area contributed by atoms with E-state index >= 15 is 0 Å². The SMILES string of the molecule is COc1ccc(CNC(=O)[C@@H](C)OC(=O)C(C)(C)c2ccccc2)cc1OC. The van der Waals surface area contributed by atoms with Crippen molar-refractivity contribution >= 4 is 11.9 Å². The lowest BCUT2D eigenvalue weighted by Gasteiger charge is -2.25. The minimum atomic E-state index is -0.907. The Morgan fingerprint density at radius 3 is 2.25 bits per heavy atom. The molecule has 0 saturated carbocycles. The summed E-state index contributed by atoms with van der Waals surface area (Å²) in [5.41, 5.74) is 0.825. The summed E-state index contributed by atoms with van der Waals surface area (Å²) in [6.07, 6.45) is -0.907. The largest absolute Gasteiger partial charge is 0.493 e. The van der Waals surface area contributed by atoms with Crippen molar-refractivity contribution in [2.24, 2.45) is 0 Å². The number of benzene rings is 2. The zero-order chi connectivity index (χ0) is 20.7. The first-order valence-corrected chi connectivity index (χ1v) is 9.04. The van der Waals surface area contributed by atoms with E-state index in [4.69, 9.17) is 14.2 Å². The predicted octanol–water partition coefficient (Wildman–Crippen LogP) is 3.23. The number of amides is 1. The Hall–Kier alpha value is -3.02. The molecule has 1 amide bonds. The predicted molar refractivity (Wildman–Crippen MR) is 106 cm³/mol. The van der Waals surface area contributed by atoms with Gasteiger partial charge >= 0.3 is 5.97 Å². The van der Waals surface area contributed by atoms with Gasteiger partial charge in [0, 0.05) is 6.54 Å². The summed E-state index contributed by atoms with van der Waals surface area (Å²) < 4.78 is 15.9.